The van der Waals surface area contributed by atoms with E-state index in [2.05, 4.69) is 36.5 Å². The van der Waals surface area contributed by atoms with Crippen LogP contribution in [0, 0.1) is 13.8 Å². The number of nitrogens with one attached hydrogen (secondary N) is 2. The summed E-state index contributed by atoms with van der Waals surface area (Å²) < 4.78 is 1.04. The van der Waals surface area contributed by atoms with Gasteiger partial charge in [-0.15, -0.1) is 0 Å². The second kappa shape index (κ2) is 7.44. The van der Waals surface area contributed by atoms with E-state index in [4.69, 9.17) is 0 Å². The number of hydrogen-bond acceptors (Lipinski definition) is 4. The maximum absolute atomic E-state index is 12.3. The van der Waals surface area contributed by atoms with Gasteiger partial charge in [-0.3, -0.25) is 4.79 Å². The molecule has 0 fully saturated rings. The van der Waals surface area contributed by atoms with Gasteiger partial charge in [-0.1, -0.05) is 28.1 Å². The quantitative estimate of drug-likeness (QED) is 0.661. The molecule has 0 aliphatic carbocycles. The van der Waals surface area contributed by atoms with Crippen LogP contribution in [-0.4, -0.2) is 15.9 Å². The summed E-state index contributed by atoms with van der Waals surface area (Å²) in [5.41, 5.74) is 4.23. The Bertz CT molecular complexity index is 910. The maximum atomic E-state index is 12.3. The van der Waals surface area contributed by atoms with E-state index in [0.29, 0.717) is 11.5 Å². The van der Waals surface area contributed by atoms with Crippen molar-refractivity contribution >= 4 is 39.2 Å². The summed E-state index contributed by atoms with van der Waals surface area (Å²) in [6.07, 6.45) is 3.01. The van der Waals surface area contributed by atoms with Gasteiger partial charge in [0.15, 0.2) is 0 Å². The van der Waals surface area contributed by atoms with Gasteiger partial charge in [0.1, 0.15) is 0 Å². The number of amides is 1. The zero-order valence-electron chi connectivity index (χ0n) is 13.9. The molecule has 0 unspecified atom stereocenters. The Balaban J connectivity index is 1.69. The molecule has 0 aliphatic rings. The molecule has 2 N–H and O–H groups in total. The molecule has 0 atom stereocenters. The van der Waals surface area contributed by atoms with E-state index >= 15 is 0 Å². The van der Waals surface area contributed by atoms with E-state index in [1.807, 2.05) is 56.3 Å². The summed E-state index contributed by atoms with van der Waals surface area (Å²) in [6.45, 7) is 3.98. The molecule has 5 nitrogen and oxygen atoms in total. The monoisotopic (exact) mass is 396 g/mol. The number of hydrogen-bond donors (Lipinski definition) is 2. The predicted octanol–water partition coefficient (Wildman–Crippen LogP) is 4.85. The lowest BCUT2D eigenvalue weighted by molar-refractivity contribution is 0.102. The third kappa shape index (κ3) is 4.42. The first-order chi connectivity index (χ1) is 12.0. The molecular weight excluding hydrogens is 380 g/mol. The molecule has 0 radical (unpaired) electrons. The van der Waals surface area contributed by atoms with Gasteiger partial charge in [-0.2, -0.15) is 0 Å². The van der Waals surface area contributed by atoms with Gasteiger partial charge in [0, 0.05) is 28.2 Å². The zero-order valence-corrected chi connectivity index (χ0v) is 15.5. The fraction of sp³-hybridized carbons (Fsp3) is 0.105. The summed E-state index contributed by atoms with van der Waals surface area (Å²) in [5, 5.41) is 5.96. The van der Waals surface area contributed by atoms with Gasteiger partial charge < -0.3 is 10.6 Å². The summed E-state index contributed by atoms with van der Waals surface area (Å²) >= 11 is 3.47. The molecular formula is C19H17BrN4O. The first kappa shape index (κ1) is 17.1. The molecule has 0 saturated carbocycles. The number of anilines is 3. The number of aromatic nitrogens is 2. The highest BCUT2D eigenvalue weighted by Gasteiger charge is 2.08. The lowest BCUT2D eigenvalue weighted by atomic mass is 10.2. The second-order valence-electron chi connectivity index (χ2n) is 5.71. The van der Waals surface area contributed by atoms with E-state index in [9.17, 15) is 4.79 Å². The van der Waals surface area contributed by atoms with E-state index in [1.54, 1.807) is 0 Å². The summed E-state index contributed by atoms with van der Waals surface area (Å²) in [4.78, 5) is 20.7. The van der Waals surface area contributed by atoms with Crippen LogP contribution >= 0.6 is 15.9 Å². The van der Waals surface area contributed by atoms with Crippen LogP contribution in [0.3, 0.4) is 0 Å². The fourth-order valence-corrected chi connectivity index (χ4v) is 2.53. The standard InChI is InChI=1S/C19H17BrN4O/c1-12-4-3-5-15(8-12)23-18(25)14-10-21-19(22-11-14)24-16-6-7-17(20)13(2)9-16/h3-11H,1-2H3,(H,23,25)(H,21,22,24). The van der Waals surface area contributed by atoms with Gasteiger partial charge in [0.05, 0.1) is 5.56 Å². The second-order valence-corrected chi connectivity index (χ2v) is 6.56. The molecule has 3 aromatic rings. The smallest absolute Gasteiger partial charge is 0.258 e. The summed E-state index contributed by atoms with van der Waals surface area (Å²) in [6, 6.07) is 13.5. The Morgan fingerprint density at radius 1 is 1.00 bits per heavy atom. The normalized spacial score (nSPS) is 10.4. The molecule has 3 rings (SSSR count). The minimum Gasteiger partial charge on any atom is -0.324 e. The first-order valence-electron chi connectivity index (χ1n) is 7.74. The Morgan fingerprint density at radius 2 is 1.76 bits per heavy atom. The van der Waals surface area contributed by atoms with Crippen LogP contribution < -0.4 is 10.6 Å². The fourth-order valence-electron chi connectivity index (χ4n) is 2.29. The maximum Gasteiger partial charge on any atom is 0.258 e. The third-order valence-corrected chi connectivity index (χ3v) is 4.49. The number of halogens is 1. The molecule has 1 amide bonds. The van der Waals surface area contributed by atoms with Gasteiger partial charge in [-0.05, 0) is 55.3 Å². The number of carbonyl (C=O) groups is 1. The average Bonchev–Trinajstić information content (AvgIpc) is 2.59. The number of carbonyl (C=O) groups excluding carboxylic acids is 1. The van der Waals surface area contributed by atoms with Crippen LogP contribution in [0.2, 0.25) is 0 Å². The van der Waals surface area contributed by atoms with Crippen molar-refractivity contribution in [2.24, 2.45) is 0 Å². The molecule has 25 heavy (non-hydrogen) atoms. The van der Waals surface area contributed by atoms with Crippen molar-refractivity contribution in [3.63, 3.8) is 0 Å². The largest absolute Gasteiger partial charge is 0.324 e. The Morgan fingerprint density at radius 3 is 2.44 bits per heavy atom. The summed E-state index contributed by atoms with van der Waals surface area (Å²) in [7, 11) is 0. The van der Waals surface area contributed by atoms with Crippen LogP contribution in [0.5, 0.6) is 0 Å². The average molecular weight is 397 g/mol. The Labute approximate surface area is 154 Å². The number of nitrogens with zero attached hydrogens (tertiary/aromatic N) is 2. The van der Waals surface area contributed by atoms with Gasteiger partial charge >= 0.3 is 0 Å². The van der Waals surface area contributed by atoms with Crippen LogP contribution in [0.25, 0.3) is 0 Å². The molecule has 0 bridgehead atoms. The highest BCUT2D eigenvalue weighted by Crippen LogP contribution is 2.21. The minimum atomic E-state index is -0.239. The van der Waals surface area contributed by atoms with Crippen molar-refractivity contribution in [2.45, 2.75) is 13.8 Å². The van der Waals surface area contributed by atoms with Crippen LogP contribution in [-0.2, 0) is 0 Å². The summed E-state index contributed by atoms with van der Waals surface area (Å²) in [5.74, 6) is 0.200. The third-order valence-electron chi connectivity index (χ3n) is 3.60. The van der Waals surface area contributed by atoms with Crippen molar-refractivity contribution in [3.8, 4) is 0 Å². The number of rotatable bonds is 4. The first-order valence-corrected chi connectivity index (χ1v) is 8.54. The van der Waals surface area contributed by atoms with Crippen molar-refractivity contribution in [1.29, 1.82) is 0 Å². The highest BCUT2D eigenvalue weighted by molar-refractivity contribution is 9.10. The predicted molar refractivity (Wildman–Crippen MR) is 103 cm³/mol. The molecule has 6 heteroatoms. The van der Waals surface area contributed by atoms with Gasteiger partial charge in [-0.25, -0.2) is 9.97 Å². The van der Waals surface area contributed by atoms with E-state index in [-0.39, 0.29) is 5.91 Å². The van der Waals surface area contributed by atoms with E-state index in [1.165, 1.54) is 12.4 Å². The number of benzene rings is 2. The van der Waals surface area contributed by atoms with Crippen molar-refractivity contribution in [1.82, 2.24) is 9.97 Å². The number of aryl methyl sites for hydroxylation is 2. The molecule has 0 saturated heterocycles. The topological polar surface area (TPSA) is 66.9 Å². The molecule has 1 aromatic heterocycles. The van der Waals surface area contributed by atoms with Gasteiger partial charge in [0.2, 0.25) is 5.95 Å². The lowest BCUT2D eigenvalue weighted by Gasteiger charge is -2.08. The van der Waals surface area contributed by atoms with Crippen LogP contribution in [0.1, 0.15) is 21.5 Å². The minimum absolute atomic E-state index is 0.239. The Kier molecular flexibility index (Phi) is 5.09. The van der Waals surface area contributed by atoms with Crippen LogP contribution in [0.4, 0.5) is 17.3 Å². The van der Waals surface area contributed by atoms with Crippen LogP contribution in [0.15, 0.2) is 59.3 Å². The molecule has 0 aliphatic heterocycles. The molecule has 1 heterocycles. The Hall–Kier alpha value is -2.73. The zero-order chi connectivity index (χ0) is 17.8. The SMILES string of the molecule is Cc1cccc(NC(=O)c2cnc(Nc3ccc(Br)c(C)c3)nc2)c1. The molecule has 126 valence electrons. The van der Waals surface area contributed by atoms with E-state index < -0.39 is 0 Å². The molecule has 2 aromatic carbocycles. The van der Waals surface area contributed by atoms with Crippen molar-refractivity contribution < 1.29 is 4.79 Å². The van der Waals surface area contributed by atoms with Gasteiger partial charge in [0.25, 0.3) is 5.91 Å². The van der Waals surface area contributed by atoms with Crippen molar-refractivity contribution in [2.75, 3.05) is 10.6 Å². The lowest BCUT2D eigenvalue weighted by Crippen LogP contribution is -2.13. The molecule has 0 spiro atoms. The van der Waals surface area contributed by atoms with E-state index in [0.717, 1.165) is 27.0 Å². The van der Waals surface area contributed by atoms with Crippen molar-refractivity contribution in [3.05, 3.63) is 76.0 Å². The highest BCUT2D eigenvalue weighted by atomic mass is 79.9.